The second kappa shape index (κ2) is 15.5. The molecule has 2 rings (SSSR count). The molecule has 1 aromatic carbocycles. The van der Waals surface area contributed by atoms with E-state index in [9.17, 15) is 9.90 Å². The molecule has 1 saturated carbocycles. The highest BCUT2D eigenvalue weighted by Gasteiger charge is 2.39. The van der Waals surface area contributed by atoms with Crippen LogP contribution in [0.4, 0.5) is 0 Å². The molecule has 0 aliphatic heterocycles. The smallest absolute Gasteiger partial charge is 0.307 e. The van der Waals surface area contributed by atoms with Crippen molar-refractivity contribution in [1.82, 2.24) is 5.01 Å². The van der Waals surface area contributed by atoms with E-state index < -0.39 is 14.0 Å². The van der Waals surface area contributed by atoms with Gasteiger partial charge in [0, 0.05) is 19.8 Å². The maximum atomic E-state index is 12.4. The molecule has 0 heterocycles. The van der Waals surface area contributed by atoms with Crippen molar-refractivity contribution < 1.29 is 9.90 Å². The van der Waals surface area contributed by atoms with E-state index in [-0.39, 0.29) is 11.8 Å². The second-order valence-corrected chi connectivity index (χ2v) is 17.6. The average molecular weight is 527 g/mol. The summed E-state index contributed by atoms with van der Waals surface area (Å²) in [7, 11) is 2.53. The number of allylic oxidation sites excluding steroid dienone is 1. The Bertz CT molecular complexity index is 873. The predicted octanol–water partition coefficient (Wildman–Crippen LogP) is 8.45. The zero-order valence-corrected chi connectivity index (χ0v) is 25.8. The monoisotopic (exact) mass is 526 g/mol. The number of aliphatic carboxylic acids is 1. The van der Waals surface area contributed by atoms with E-state index >= 15 is 0 Å². The molecular weight excluding hydrogens is 472 g/mol. The van der Waals surface area contributed by atoms with Crippen molar-refractivity contribution in [2.75, 3.05) is 14.1 Å². The molecule has 4 nitrogen and oxygen atoms in total. The van der Waals surface area contributed by atoms with Gasteiger partial charge in [-0.1, -0.05) is 87.9 Å². The first-order chi connectivity index (χ1) is 17.5. The first-order valence-corrected chi connectivity index (χ1v) is 18.3. The van der Waals surface area contributed by atoms with E-state index in [0.29, 0.717) is 11.8 Å². The third kappa shape index (κ3) is 11.2. The van der Waals surface area contributed by atoms with Gasteiger partial charge in [-0.3, -0.25) is 4.79 Å². The molecule has 1 aliphatic rings. The van der Waals surface area contributed by atoms with Crippen LogP contribution in [0, 0.1) is 23.7 Å². The molecule has 1 N–H and O–H groups in total. The predicted molar refractivity (Wildman–Crippen MR) is 162 cm³/mol. The lowest BCUT2D eigenvalue weighted by Gasteiger charge is -2.41. The lowest BCUT2D eigenvalue weighted by Crippen LogP contribution is -2.36. The third-order valence-corrected chi connectivity index (χ3v) is 9.06. The lowest BCUT2D eigenvalue weighted by molar-refractivity contribution is -0.144. The Kier molecular flexibility index (Phi) is 13.1. The van der Waals surface area contributed by atoms with Gasteiger partial charge in [-0.25, -0.2) is 0 Å². The van der Waals surface area contributed by atoms with Crippen molar-refractivity contribution in [3.8, 4) is 0 Å². The number of hydrogen-bond acceptors (Lipinski definition) is 3. The van der Waals surface area contributed by atoms with Gasteiger partial charge >= 0.3 is 5.97 Å². The summed E-state index contributed by atoms with van der Waals surface area (Å²) in [5, 5.41) is 17.0. The molecule has 0 unspecified atom stereocenters. The van der Waals surface area contributed by atoms with Crippen molar-refractivity contribution in [3.63, 3.8) is 0 Å². The van der Waals surface area contributed by atoms with Gasteiger partial charge < -0.3 is 10.1 Å². The molecule has 1 aliphatic carbocycles. The highest BCUT2D eigenvalue weighted by atomic mass is 28.3. The fourth-order valence-electron chi connectivity index (χ4n) is 6.07. The molecular formula is C32H54N2O2Si. The largest absolute Gasteiger partial charge is 0.481 e. The Balaban J connectivity index is 2.16. The summed E-state index contributed by atoms with van der Waals surface area (Å²) in [6, 6.07) is 10.8. The molecule has 0 saturated heterocycles. The number of hydrazone groups is 1. The number of benzene rings is 1. The molecule has 37 heavy (non-hydrogen) atoms. The van der Waals surface area contributed by atoms with Gasteiger partial charge in [-0.2, -0.15) is 5.10 Å². The van der Waals surface area contributed by atoms with E-state index in [0.717, 1.165) is 64.2 Å². The van der Waals surface area contributed by atoms with Crippen LogP contribution in [-0.4, -0.2) is 44.0 Å². The van der Waals surface area contributed by atoms with Crippen LogP contribution in [0.5, 0.6) is 0 Å². The van der Waals surface area contributed by atoms with Gasteiger partial charge in [-0.05, 0) is 81.1 Å². The molecule has 208 valence electrons. The first kappa shape index (κ1) is 31.3. The van der Waals surface area contributed by atoms with Crippen molar-refractivity contribution in [1.29, 1.82) is 0 Å². The van der Waals surface area contributed by atoms with Crippen LogP contribution in [0.25, 0.3) is 0 Å². The molecule has 5 heteroatoms. The number of nitrogens with zero attached hydrogens (tertiary/aromatic N) is 2. The summed E-state index contributed by atoms with van der Waals surface area (Å²) < 4.78 is 0. The second-order valence-electron chi connectivity index (χ2n) is 12.6. The minimum atomic E-state index is -1.50. The minimum Gasteiger partial charge on any atom is -0.481 e. The molecule has 0 aromatic heterocycles. The molecule has 1 fully saturated rings. The van der Waals surface area contributed by atoms with Gasteiger partial charge in [0.15, 0.2) is 0 Å². The fraction of sp³-hybridized carbons (Fsp3) is 0.688. The van der Waals surface area contributed by atoms with Crippen molar-refractivity contribution in [2.24, 2.45) is 28.8 Å². The van der Waals surface area contributed by atoms with Gasteiger partial charge in [0.1, 0.15) is 0 Å². The Morgan fingerprint density at radius 1 is 1.11 bits per heavy atom. The van der Waals surface area contributed by atoms with Crippen molar-refractivity contribution in [2.45, 2.75) is 104 Å². The number of hydrogen-bond donors (Lipinski definition) is 1. The van der Waals surface area contributed by atoms with Crippen LogP contribution in [0.2, 0.25) is 19.6 Å². The molecule has 0 spiro atoms. The Morgan fingerprint density at radius 3 is 2.41 bits per heavy atom. The summed E-state index contributed by atoms with van der Waals surface area (Å²) >= 11 is 0. The molecule has 0 amide bonds. The Labute approximate surface area is 228 Å². The topological polar surface area (TPSA) is 52.9 Å². The molecule has 1 aromatic rings. The first-order valence-electron chi connectivity index (χ1n) is 14.7. The summed E-state index contributed by atoms with van der Waals surface area (Å²) in [5.74, 6) is 0.410. The van der Waals surface area contributed by atoms with E-state index in [1.165, 1.54) is 23.3 Å². The number of carbonyl (C=O) groups is 1. The third-order valence-electron chi connectivity index (χ3n) is 7.86. The van der Waals surface area contributed by atoms with Crippen LogP contribution in [-0.2, 0) is 11.2 Å². The van der Waals surface area contributed by atoms with Crippen LogP contribution < -0.4 is 0 Å². The van der Waals surface area contributed by atoms with Crippen molar-refractivity contribution in [3.05, 3.63) is 47.2 Å². The quantitative estimate of drug-likeness (QED) is 0.108. The van der Waals surface area contributed by atoms with Crippen LogP contribution in [0.3, 0.4) is 0 Å². The van der Waals surface area contributed by atoms with Gasteiger partial charge in [-0.15, -0.1) is 0 Å². The lowest BCUT2D eigenvalue weighted by atomic mass is 9.65. The summed E-state index contributed by atoms with van der Waals surface area (Å²) in [6.45, 7) is 11.7. The minimum absolute atomic E-state index is 0.192. The van der Waals surface area contributed by atoms with Gasteiger partial charge in [0.2, 0.25) is 0 Å². The Morgan fingerprint density at radius 2 is 1.81 bits per heavy atom. The number of unbranched alkanes of at least 4 members (excludes halogenated alkanes) is 2. The number of carboxylic acids is 1. The average Bonchev–Trinajstić information content (AvgIpc) is 2.82. The summed E-state index contributed by atoms with van der Waals surface area (Å²) in [4.78, 5) is 12.4. The van der Waals surface area contributed by atoms with Crippen molar-refractivity contribution >= 4 is 19.8 Å². The van der Waals surface area contributed by atoms with Crippen LogP contribution in [0.15, 0.2) is 46.7 Å². The summed E-state index contributed by atoms with van der Waals surface area (Å²) in [5.41, 5.74) is 6.76. The SMILES string of the molecule is CCCC[C@@H](C(=O)O)[C@@H]1CC[C@@H](C)[C@H](CC/C(CCCCc2ccccc2)=N/N(C)C)/C1=C\[Si](C)(C)C. The maximum Gasteiger partial charge on any atom is 0.307 e. The number of rotatable bonds is 15. The zero-order valence-electron chi connectivity index (χ0n) is 24.8. The summed E-state index contributed by atoms with van der Waals surface area (Å²) in [6.07, 6.45) is 11.6. The van der Waals surface area contributed by atoms with E-state index in [4.69, 9.17) is 5.10 Å². The zero-order chi connectivity index (χ0) is 27.4. The molecule has 0 bridgehead atoms. The molecule has 0 radical (unpaired) electrons. The highest BCUT2D eigenvalue weighted by Crippen LogP contribution is 2.46. The van der Waals surface area contributed by atoms with E-state index in [2.05, 4.69) is 69.5 Å². The van der Waals surface area contributed by atoms with Gasteiger partial charge in [0.05, 0.1) is 14.0 Å². The Hall–Kier alpha value is -1.88. The fourth-order valence-corrected chi connectivity index (χ4v) is 7.49. The molecule has 4 atom stereocenters. The number of aryl methyl sites for hydroxylation is 1. The maximum absolute atomic E-state index is 12.4. The standard InChI is InChI=1S/C32H54N2O2Si/c1-8-9-19-30(32(35)36)29-22-20-25(2)28(31(29)24-37(5,6)7)23-21-27(33-34(3)4)18-14-13-17-26-15-11-10-12-16-26/h10-12,15-16,24-25,28-30H,8-9,13-14,17-23H2,1-7H3,(H,35,36)/b31-24+,33-27+/t25-,28+,29+,30-/m1/s1. The van der Waals surface area contributed by atoms with Crippen LogP contribution >= 0.6 is 0 Å². The highest BCUT2D eigenvalue weighted by molar-refractivity contribution is 6.81. The van der Waals surface area contributed by atoms with Gasteiger partial charge in [0.25, 0.3) is 0 Å². The number of carboxylic acid groups (broad SMARTS) is 1. The van der Waals surface area contributed by atoms with Crippen LogP contribution in [0.1, 0.15) is 83.6 Å². The van der Waals surface area contributed by atoms with E-state index in [1.807, 2.05) is 19.1 Å². The van der Waals surface area contributed by atoms with E-state index in [1.54, 1.807) is 0 Å². The normalized spacial score (nSPS) is 22.7.